The average molecular weight is 168 g/mol. The van der Waals surface area contributed by atoms with Crippen LogP contribution in [-0.4, -0.2) is 12.6 Å². The van der Waals surface area contributed by atoms with Crippen molar-refractivity contribution < 1.29 is 9.53 Å². The molecule has 0 aromatic heterocycles. The van der Waals surface area contributed by atoms with E-state index in [0.717, 1.165) is 12.8 Å². The smallest absolute Gasteiger partial charge is 0.308 e. The third-order valence-corrected chi connectivity index (χ3v) is 1.50. The molecule has 1 radical (unpaired) electrons. The Kier molecular flexibility index (Phi) is 6.08. The van der Waals surface area contributed by atoms with Gasteiger partial charge >= 0.3 is 5.97 Å². The molecule has 0 rings (SSSR count). The van der Waals surface area contributed by atoms with Crippen LogP contribution in [0.1, 0.15) is 26.2 Å². The van der Waals surface area contributed by atoms with E-state index in [-0.39, 0.29) is 24.9 Å². The standard InChI is InChI=1S/C9H14NO2/c1-3-5-8(2)9(11)12-7-4-6-10/h8H,1,3-5,7H2,2H3. The molecule has 67 valence electrons. The summed E-state index contributed by atoms with van der Waals surface area (Å²) in [5, 5.41) is 8.17. The van der Waals surface area contributed by atoms with Gasteiger partial charge in [-0.15, -0.1) is 0 Å². The van der Waals surface area contributed by atoms with Crippen molar-refractivity contribution in [3.63, 3.8) is 0 Å². The van der Waals surface area contributed by atoms with Gasteiger partial charge in [0.1, 0.15) is 6.61 Å². The molecule has 1 atom stereocenters. The zero-order valence-electron chi connectivity index (χ0n) is 7.38. The molecule has 0 aromatic rings. The van der Waals surface area contributed by atoms with E-state index >= 15 is 0 Å². The number of nitrogens with zero attached hydrogens (tertiary/aromatic N) is 1. The van der Waals surface area contributed by atoms with Gasteiger partial charge in [-0.05, 0) is 6.42 Å². The topological polar surface area (TPSA) is 50.1 Å². The number of hydrogen-bond donors (Lipinski definition) is 0. The first-order valence-corrected chi connectivity index (χ1v) is 4.05. The Morgan fingerprint density at radius 2 is 2.42 bits per heavy atom. The summed E-state index contributed by atoms with van der Waals surface area (Å²) in [5.41, 5.74) is 0. The van der Waals surface area contributed by atoms with Crippen molar-refractivity contribution in [2.45, 2.75) is 26.2 Å². The molecule has 0 aliphatic carbocycles. The maximum absolute atomic E-state index is 11.0. The van der Waals surface area contributed by atoms with Gasteiger partial charge in [-0.1, -0.05) is 20.3 Å². The van der Waals surface area contributed by atoms with Crippen molar-refractivity contribution in [3.05, 3.63) is 6.92 Å². The first-order valence-electron chi connectivity index (χ1n) is 4.05. The summed E-state index contributed by atoms with van der Waals surface area (Å²) in [5.74, 6) is -0.324. The number of hydrogen-bond acceptors (Lipinski definition) is 3. The lowest BCUT2D eigenvalue weighted by Gasteiger charge is -2.08. The lowest BCUT2D eigenvalue weighted by atomic mass is 10.1. The molecule has 3 nitrogen and oxygen atoms in total. The number of esters is 1. The fourth-order valence-electron chi connectivity index (χ4n) is 0.764. The van der Waals surface area contributed by atoms with Gasteiger partial charge in [-0.25, -0.2) is 0 Å². The normalized spacial score (nSPS) is 11.8. The van der Waals surface area contributed by atoms with Crippen LogP contribution in [0.2, 0.25) is 0 Å². The molecular weight excluding hydrogens is 154 g/mol. The van der Waals surface area contributed by atoms with Crippen LogP contribution in [0.25, 0.3) is 0 Å². The zero-order chi connectivity index (χ0) is 9.40. The van der Waals surface area contributed by atoms with Gasteiger partial charge in [0.2, 0.25) is 0 Å². The van der Waals surface area contributed by atoms with E-state index < -0.39 is 0 Å². The molecule has 0 aromatic carbocycles. The molecule has 0 N–H and O–H groups in total. The Bertz CT molecular complexity index is 172. The molecule has 0 fully saturated rings. The highest BCUT2D eigenvalue weighted by molar-refractivity contribution is 5.71. The highest BCUT2D eigenvalue weighted by Gasteiger charge is 2.12. The molecule has 0 bridgehead atoms. The fourth-order valence-corrected chi connectivity index (χ4v) is 0.764. The Morgan fingerprint density at radius 1 is 1.75 bits per heavy atom. The molecule has 0 spiro atoms. The molecule has 1 unspecified atom stereocenters. The molecule has 0 saturated heterocycles. The lowest BCUT2D eigenvalue weighted by molar-refractivity contribution is -0.147. The maximum Gasteiger partial charge on any atom is 0.308 e. The summed E-state index contributed by atoms with van der Waals surface area (Å²) >= 11 is 0. The second kappa shape index (κ2) is 6.66. The van der Waals surface area contributed by atoms with E-state index in [9.17, 15) is 4.79 Å². The fraction of sp³-hybridized carbons (Fsp3) is 0.667. The van der Waals surface area contributed by atoms with Gasteiger partial charge in [0.25, 0.3) is 0 Å². The van der Waals surface area contributed by atoms with E-state index in [2.05, 4.69) is 6.92 Å². The van der Waals surface area contributed by atoms with E-state index in [1.54, 1.807) is 6.92 Å². The molecule has 12 heavy (non-hydrogen) atoms. The van der Waals surface area contributed by atoms with E-state index in [0.29, 0.717) is 0 Å². The molecule has 0 heterocycles. The van der Waals surface area contributed by atoms with Crippen molar-refractivity contribution in [2.75, 3.05) is 6.61 Å². The Morgan fingerprint density at radius 3 is 2.92 bits per heavy atom. The summed E-state index contributed by atoms with van der Waals surface area (Å²) < 4.78 is 4.81. The summed E-state index contributed by atoms with van der Waals surface area (Å²) in [6.45, 7) is 5.66. The van der Waals surface area contributed by atoms with Crippen molar-refractivity contribution >= 4 is 5.97 Å². The van der Waals surface area contributed by atoms with Crippen LogP contribution in [0.3, 0.4) is 0 Å². The van der Waals surface area contributed by atoms with E-state index in [4.69, 9.17) is 10.00 Å². The van der Waals surface area contributed by atoms with Crippen LogP contribution in [0, 0.1) is 24.2 Å². The van der Waals surface area contributed by atoms with Gasteiger partial charge in [-0.2, -0.15) is 5.26 Å². The highest BCUT2D eigenvalue weighted by Crippen LogP contribution is 2.06. The number of nitriles is 1. The first kappa shape index (κ1) is 11.0. The Hall–Kier alpha value is -1.04. The summed E-state index contributed by atoms with van der Waals surface area (Å²) in [4.78, 5) is 11.0. The highest BCUT2D eigenvalue weighted by atomic mass is 16.5. The summed E-state index contributed by atoms with van der Waals surface area (Å²) in [7, 11) is 0. The second-order valence-corrected chi connectivity index (χ2v) is 2.62. The summed E-state index contributed by atoms with van der Waals surface area (Å²) in [6, 6.07) is 1.90. The zero-order valence-corrected chi connectivity index (χ0v) is 7.38. The predicted molar refractivity (Wildman–Crippen MR) is 44.9 cm³/mol. The minimum absolute atomic E-state index is 0.0961. The lowest BCUT2D eigenvalue weighted by Crippen LogP contribution is -2.15. The minimum atomic E-state index is -0.228. The molecule has 0 saturated carbocycles. The average Bonchev–Trinajstić information content (AvgIpc) is 2.05. The number of ether oxygens (including phenoxy) is 1. The van der Waals surface area contributed by atoms with Gasteiger partial charge in [0, 0.05) is 0 Å². The van der Waals surface area contributed by atoms with Gasteiger partial charge in [0.15, 0.2) is 0 Å². The predicted octanol–water partition coefficient (Wildman–Crippen LogP) is 1.69. The number of carbonyl (C=O) groups is 1. The monoisotopic (exact) mass is 168 g/mol. The van der Waals surface area contributed by atoms with Crippen molar-refractivity contribution in [3.8, 4) is 6.07 Å². The molecule has 0 amide bonds. The SMILES string of the molecule is [CH2]CCC(C)C(=O)OCCC#N. The van der Waals surface area contributed by atoms with Gasteiger partial charge in [-0.3, -0.25) is 4.79 Å². The minimum Gasteiger partial charge on any atom is -0.464 e. The molecule has 3 heteroatoms. The Balaban J connectivity index is 3.51. The number of carbonyl (C=O) groups excluding carboxylic acids is 1. The van der Waals surface area contributed by atoms with Gasteiger partial charge < -0.3 is 4.74 Å². The van der Waals surface area contributed by atoms with Crippen LogP contribution in [-0.2, 0) is 9.53 Å². The van der Waals surface area contributed by atoms with Crippen LogP contribution in [0.15, 0.2) is 0 Å². The van der Waals surface area contributed by atoms with Crippen LogP contribution in [0.5, 0.6) is 0 Å². The van der Waals surface area contributed by atoms with E-state index in [1.165, 1.54) is 0 Å². The maximum atomic E-state index is 11.0. The van der Waals surface area contributed by atoms with Crippen LogP contribution in [0.4, 0.5) is 0 Å². The quantitative estimate of drug-likeness (QED) is 0.463. The van der Waals surface area contributed by atoms with Crippen molar-refractivity contribution in [1.82, 2.24) is 0 Å². The molecule has 0 aliphatic rings. The van der Waals surface area contributed by atoms with Crippen molar-refractivity contribution in [2.24, 2.45) is 5.92 Å². The third-order valence-electron chi connectivity index (χ3n) is 1.50. The van der Waals surface area contributed by atoms with Crippen LogP contribution < -0.4 is 0 Å². The molecular formula is C9H14NO2. The largest absolute Gasteiger partial charge is 0.464 e. The second-order valence-electron chi connectivity index (χ2n) is 2.62. The number of rotatable bonds is 5. The summed E-state index contributed by atoms with van der Waals surface area (Å²) in [6.07, 6.45) is 1.74. The van der Waals surface area contributed by atoms with E-state index in [1.807, 2.05) is 6.07 Å². The van der Waals surface area contributed by atoms with Crippen LogP contribution >= 0.6 is 0 Å². The molecule has 0 aliphatic heterocycles. The Labute approximate surface area is 73.3 Å². The first-order chi connectivity index (χ1) is 5.72. The van der Waals surface area contributed by atoms with Crippen molar-refractivity contribution in [1.29, 1.82) is 5.26 Å². The van der Waals surface area contributed by atoms with Gasteiger partial charge in [0.05, 0.1) is 18.4 Å². The third kappa shape index (κ3) is 4.73.